The largest absolute Gasteiger partial charge is 0.490 e. The molecule has 166 valence electrons. The van der Waals surface area contributed by atoms with Crippen LogP contribution >= 0.6 is 0 Å². The zero-order valence-corrected chi connectivity index (χ0v) is 18.5. The summed E-state index contributed by atoms with van der Waals surface area (Å²) in [7, 11) is 0. The number of nitrogens with zero attached hydrogens (tertiary/aromatic N) is 1. The van der Waals surface area contributed by atoms with Crippen molar-refractivity contribution in [2.45, 2.75) is 33.1 Å². The average molecular weight is 434 g/mol. The first kappa shape index (κ1) is 22.8. The lowest BCUT2D eigenvalue weighted by Gasteiger charge is -2.18. The molecule has 0 aliphatic carbocycles. The summed E-state index contributed by atoms with van der Waals surface area (Å²) >= 11 is 0. The molecule has 1 amide bonds. The first-order chi connectivity index (χ1) is 15.3. The molecule has 1 heterocycles. The Morgan fingerprint density at radius 1 is 1.06 bits per heavy atom. The Bertz CT molecular complexity index is 1090. The highest BCUT2D eigenvalue weighted by Gasteiger charge is 2.16. The molecule has 7 nitrogen and oxygen atoms in total. The second kappa shape index (κ2) is 9.96. The van der Waals surface area contributed by atoms with Crippen LogP contribution in [0.5, 0.6) is 11.5 Å². The molecule has 0 atom stereocenters. The summed E-state index contributed by atoms with van der Waals surface area (Å²) in [4.78, 5) is 24.5. The number of esters is 1. The van der Waals surface area contributed by atoms with E-state index in [0.717, 1.165) is 5.56 Å². The summed E-state index contributed by atoms with van der Waals surface area (Å²) < 4.78 is 16.0. The lowest BCUT2D eigenvalue weighted by Crippen LogP contribution is -2.18. The first-order valence-electron chi connectivity index (χ1n) is 10.2. The van der Waals surface area contributed by atoms with Gasteiger partial charge in [0.15, 0.2) is 11.5 Å². The number of ether oxygens (including phenoxy) is 2. The average Bonchev–Trinajstić information content (AvgIpc) is 3.30. The summed E-state index contributed by atoms with van der Waals surface area (Å²) in [6.07, 6.45) is 2.88. The zero-order chi connectivity index (χ0) is 23.1. The summed E-state index contributed by atoms with van der Waals surface area (Å²) in [6, 6.07) is 15.5. The van der Waals surface area contributed by atoms with E-state index < -0.39 is 5.97 Å². The third-order valence-electron chi connectivity index (χ3n) is 4.59. The second-order valence-corrected chi connectivity index (χ2v) is 8.03. The van der Waals surface area contributed by atoms with E-state index in [-0.39, 0.29) is 22.8 Å². The van der Waals surface area contributed by atoms with Gasteiger partial charge in [-0.3, -0.25) is 4.79 Å². The van der Waals surface area contributed by atoms with E-state index in [4.69, 9.17) is 13.9 Å². The second-order valence-electron chi connectivity index (χ2n) is 8.03. The van der Waals surface area contributed by atoms with Gasteiger partial charge in [0, 0.05) is 5.56 Å². The molecule has 0 aliphatic rings. The van der Waals surface area contributed by atoms with Gasteiger partial charge in [0.05, 0.1) is 19.1 Å². The van der Waals surface area contributed by atoms with Crippen LogP contribution in [0.4, 0.5) is 0 Å². The molecule has 1 aromatic heterocycles. The summed E-state index contributed by atoms with van der Waals surface area (Å²) in [5.74, 6) is -0.206. The summed E-state index contributed by atoms with van der Waals surface area (Å²) in [5.41, 5.74) is 4.86. The van der Waals surface area contributed by atoms with E-state index in [9.17, 15) is 9.59 Å². The van der Waals surface area contributed by atoms with Gasteiger partial charge in [0.1, 0.15) is 0 Å². The van der Waals surface area contributed by atoms with Crippen LogP contribution in [0.15, 0.2) is 70.4 Å². The molecule has 0 radical (unpaired) electrons. The lowest BCUT2D eigenvalue weighted by molar-refractivity contribution is 0.0695. The molecule has 32 heavy (non-hydrogen) atoms. The Morgan fingerprint density at radius 2 is 1.81 bits per heavy atom. The fourth-order valence-corrected chi connectivity index (χ4v) is 2.85. The molecule has 0 saturated carbocycles. The Labute approximate surface area is 187 Å². The maximum absolute atomic E-state index is 12.3. The van der Waals surface area contributed by atoms with Gasteiger partial charge < -0.3 is 13.9 Å². The quantitative estimate of drug-likeness (QED) is 0.246. The molecular formula is C25H26N2O5. The van der Waals surface area contributed by atoms with Gasteiger partial charge in [-0.05, 0) is 65.9 Å². The number of carbonyl (C=O) groups excluding carboxylic acids is 2. The molecule has 0 bridgehead atoms. The molecule has 0 spiro atoms. The number of hydrazone groups is 1. The summed E-state index contributed by atoms with van der Waals surface area (Å²) in [6.45, 7) is 8.56. The predicted octanol–water partition coefficient (Wildman–Crippen LogP) is 4.96. The van der Waals surface area contributed by atoms with Crippen molar-refractivity contribution in [2.75, 3.05) is 6.61 Å². The van der Waals surface area contributed by atoms with Gasteiger partial charge in [0.25, 0.3) is 5.91 Å². The lowest BCUT2D eigenvalue weighted by atomic mass is 9.87. The Hall–Kier alpha value is -3.87. The Kier molecular flexibility index (Phi) is 7.10. The minimum Gasteiger partial charge on any atom is -0.490 e. The van der Waals surface area contributed by atoms with Crippen LogP contribution in [0.25, 0.3) is 0 Å². The Balaban J connectivity index is 1.66. The fraction of sp³-hybridized carbons (Fsp3) is 0.240. The molecule has 2 aromatic carbocycles. The smallest absolute Gasteiger partial charge is 0.379 e. The van der Waals surface area contributed by atoms with Gasteiger partial charge in [-0.1, -0.05) is 32.9 Å². The normalized spacial score (nSPS) is 11.4. The number of rotatable bonds is 7. The van der Waals surface area contributed by atoms with E-state index in [2.05, 4.69) is 31.3 Å². The number of nitrogens with one attached hydrogen (secondary N) is 1. The minimum atomic E-state index is -0.623. The first-order valence-corrected chi connectivity index (χ1v) is 10.2. The van der Waals surface area contributed by atoms with Crippen molar-refractivity contribution in [3.8, 4) is 11.5 Å². The van der Waals surface area contributed by atoms with E-state index in [1.54, 1.807) is 36.4 Å². The molecule has 0 saturated heterocycles. The van der Waals surface area contributed by atoms with E-state index in [0.29, 0.717) is 23.5 Å². The van der Waals surface area contributed by atoms with Gasteiger partial charge >= 0.3 is 5.97 Å². The van der Waals surface area contributed by atoms with Crippen LogP contribution in [0.3, 0.4) is 0 Å². The van der Waals surface area contributed by atoms with Crippen molar-refractivity contribution in [1.29, 1.82) is 0 Å². The van der Waals surface area contributed by atoms with Crippen LogP contribution in [0.1, 0.15) is 59.7 Å². The topological polar surface area (TPSA) is 90.1 Å². The highest BCUT2D eigenvalue weighted by Crippen LogP contribution is 2.29. The maximum Gasteiger partial charge on any atom is 0.379 e. The monoisotopic (exact) mass is 434 g/mol. The molecule has 3 rings (SSSR count). The number of furan rings is 1. The minimum absolute atomic E-state index is 0.0177. The maximum atomic E-state index is 12.3. The van der Waals surface area contributed by atoms with Crippen molar-refractivity contribution in [1.82, 2.24) is 5.43 Å². The molecule has 3 aromatic rings. The fourth-order valence-electron chi connectivity index (χ4n) is 2.85. The highest BCUT2D eigenvalue weighted by molar-refractivity contribution is 5.95. The van der Waals surface area contributed by atoms with Crippen LogP contribution < -0.4 is 14.9 Å². The number of hydrogen-bond donors (Lipinski definition) is 1. The molecular weight excluding hydrogens is 408 g/mol. The molecule has 0 fully saturated rings. The van der Waals surface area contributed by atoms with Crippen molar-refractivity contribution >= 4 is 18.1 Å². The van der Waals surface area contributed by atoms with Crippen LogP contribution in [0, 0.1) is 0 Å². The predicted molar refractivity (Wildman–Crippen MR) is 121 cm³/mol. The van der Waals surface area contributed by atoms with Crippen LogP contribution in [-0.4, -0.2) is 24.7 Å². The molecule has 1 N–H and O–H groups in total. The zero-order valence-electron chi connectivity index (χ0n) is 18.5. The molecule has 0 unspecified atom stereocenters. The van der Waals surface area contributed by atoms with Crippen LogP contribution in [-0.2, 0) is 5.41 Å². The molecule has 0 aliphatic heterocycles. The number of hydrogen-bond acceptors (Lipinski definition) is 6. The van der Waals surface area contributed by atoms with Crippen molar-refractivity contribution in [3.63, 3.8) is 0 Å². The van der Waals surface area contributed by atoms with Crippen LogP contribution in [0.2, 0.25) is 0 Å². The van der Waals surface area contributed by atoms with E-state index in [1.165, 1.54) is 18.5 Å². The van der Waals surface area contributed by atoms with Crippen molar-refractivity contribution in [3.05, 3.63) is 83.3 Å². The SMILES string of the molecule is CCOc1cc(/C=N/NC(=O)c2ccc(C(C)(C)C)cc2)ccc1OC(=O)c1ccco1. The molecule has 7 heteroatoms. The Morgan fingerprint density at radius 3 is 2.44 bits per heavy atom. The number of carbonyl (C=O) groups is 2. The third-order valence-corrected chi connectivity index (χ3v) is 4.59. The number of amides is 1. The highest BCUT2D eigenvalue weighted by atomic mass is 16.6. The number of benzene rings is 2. The van der Waals surface area contributed by atoms with Gasteiger partial charge in [-0.15, -0.1) is 0 Å². The van der Waals surface area contributed by atoms with Gasteiger partial charge in [0.2, 0.25) is 5.76 Å². The van der Waals surface area contributed by atoms with Gasteiger partial charge in [-0.25, -0.2) is 10.2 Å². The van der Waals surface area contributed by atoms with E-state index in [1.807, 2.05) is 19.1 Å². The van der Waals surface area contributed by atoms with Crippen molar-refractivity contribution < 1.29 is 23.5 Å². The standard InChI is InChI=1S/C25H26N2O5/c1-5-30-22-15-17(8-13-20(22)32-24(29)21-7-6-14-31-21)16-26-27-23(28)18-9-11-19(12-10-18)25(2,3)4/h6-16H,5H2,1-4H3,(H,27,28)/b26-16+. The van der Waals surface area contributed by atoms with Crippen molar-refractivity contribution in [2.24, 2.45) is 5.10 Å². The van der Waals surface area contributed by atoms with E-state index >= 15 is 0 Å². The van der Waals surface area contributed by atoms with Gasteiger partial charge in [-0.2, -0.15) is 5.10 Å². The third kappa shape index (κ3) is 5.85. The summed E-state index contributed by atoms with van der Waals surface area (Å²) in [5, 5.41) is 4.02.